The van der Waals surface area contributed by atoms with Crippen LogP contribution in [-0.4, -0.2) is 153 Å². The van der Waals surface area contributed by atoms with E-state index < -0.39 is 52.8 Å². The number of carbonyl (C=O) groups is 1. The van der Waals surface area contributed by atoms with Crippen molar-refractivity contribution < 1.29 is 39.5 Å². The van der Waals surface area contributed by atoms with Gasteiger partial charge in [0.1, 0.15) is 4.90 Å². The summed E-state index contributed by atoms with van der Waals surface area (Å²) in [6, 6.07) is 26.0. The van der Waals surface area contributed by atoms with Crippen LogP contribution < -0.4 is 20.3 Å². The maximum atomic E-state index is 14.3. The largest absolute Gasteiger partial charge is 0.501 e. The van der Waals surface area contributed by atoms with Gasteiger partial charge in [-0.2, -0.15) is 13.2 Å². The lowest BCUT2D eigenvalue weighted by atomic mass is 9.71. The van der Waals surface area contributed by atoms with Crippen LogP contribution in [0, 0.1) is 5.41 Å². The molecule has 0 spiro atoms. The average molecular weight is 1110 g/mol. The molecule has 0 bridgehead atoms. The third-order valence-corrected chi connectivity index (χ3v) is 18.4. The molecule has 3 N–H and O–H groups in total. The van der Waals surface area contributed by atoms with Gasteiger partial charge in [0, 0.05) is 105 Å². The van der Waals surface area contributed by atoms with Gasteiger partial charge in [-0.3, -0.25) is 14.6 Å². The first kappa shape index (κ1) is 56.8. The molecule has 3 saturated heterocycles. The number of thioether (sulfide) groups is 1. The molecule has 2 atom stereocenters. The van der Waals surface area contributed by atoms with Gasteiger partial charge in [0.05, 0.1) is 23.8 Å². The number of anilines is 2. The fourth-order valence-corrected chi connectivity index (χ4v) is 13.3. The number of hydrogen-bond donors (Lipinski definition) is 3. The molecule has 3 fully saturated rings. The Morgan fingerprint density at radius 2 is 1.56 bits per heavy atom. The number of benzene rings is 4. The van der Waals surface area contributed by atoms with E-state index >= 15 is 0 Å². The third-order valence-electron chi connectivity index (χ3n) is 14.1. The molecular weight excluding hydrogens is 1040 g/mol. The number of nitrogens with one attached hydrogen (secondary N) is 3. The minimum atomic E-state index is -6.06. The number of carbonyl (C=O) groups excluding carboxylic acids is 1. The van der Waals surface area contributed by atoms with Crippen LogP contribution in [0.25, 0.3) is 5.57 Å². The van der Waals surface area contributed by atoms with Gasteiger partial charge >= 0.3 is 5.51 Å². The molecule has 8 rings (SSSR count). The number of morpholine rings is 1. The highest BCUT2D eigenvalue weighted by molar-refractivity contribution is 7.99. The van der Waals surface area contributed by atoms with Gasteiger partial charge in [0.2, 0.25) is 0 Å². The Balaban J connectivity index is 0.00000780. The van der Waals surface area contributed by atoms with E-state index in [2.05, 4.69) is 49.3 Å². The third kappa shape index (κ3) is 15.2. The summed E-state index contributed by atoms with van der Waals surface area (Å²) in [5.41, 5.74) is -1.02. The van der Waals surface area contributed by atoms with Crippen LogP contribution >= 0.6 is 35.8 Å². The molecule has 1 aliphatic carbocycles. The van der Waals surface area contributed by atoms with Gasteiger partial charge in [-0.05, 0) is 128 Å². The minimum absolute atomic E-state index is 0. The topological polar surface area (TPSA) is 144 Å². The maximum Gasteiger partial charge on any atom is 0.501 e. The molecule has 13 nitrogen and oxygen atoms in total. The second kappa shape index (κ2) is 25.3. The summed E-state index contributed by atoms with van der Waals surface area (Å²) >= 11 is 7.75. The van der Waals surface area contributed by atoms with Crippen LogP contribution in [0.1, 0.15) is 54.9 Å². The predicted molar refractivity (Wildman–Crippen MR) is 287 cm³/mol. The average Bonchev–Trinajstić information content (AvgIpc) is 3.64. The summed E-state index contributed by atoms with van der Waals surface area (Å²) in [6.45, 7) is 14.7. The standard InChI is InChI=1S/C52H65ClF3N7O6S3.ClH/c1-51(38-62-23-5-21-57-22-25-62)20-18-47(39-8-12-42(53)13-9-39)41(35-51)36-61-26-28-63(29-27-61)44-14-10-40(11-15-44)50(64)59-72(67,68)46-16-17-48(49(34-46)71(65,66)52(54,55)56)58-43(19-24-60-30-32-69-33-31-60)37-70-45-6-3-2-4-7-45;/h2-4,6-17,34,43,57-58H,5,18-33,35-38H2,1H3,(H,59,64);1H/t43-,51?;/m1./s1. The first-order valence-corrected chi connectivity index (χ1v) is 29.0. The van der Waals surface area contributed by atoms with E-state index in [0.29, 0.717) is 51.1 Å². The molecule has 1 unspecified atom stereocenters. The van der Waals surface area contributed by atoms with Crippen molar-refractivity contribution in [2.24, 2.45) is 5.41 Å². The summed E-state index contributed by atoms with van der Waals surface area (Å²) in [7, 11) is -10.9. The summed E-state index contributed by atoms with van der Waals surface area (Å²) in [4.78, 5) is 21.8. The van der Waals surface area contributed by atoms with Crippen molar-refractivity contribution in [1.29, 1.82) is 0 Å². The van der Waals surface area contributed by atoms with Crippen LogP contribution in [0.15, 0.2) is 117 Å². The van der Waals surface area contributed by atoms with E-state index in [1.807, 2.05) is 47.2 Å². The lowest BCUT2D eigenvalue weighted by molar-refractivity contribution is -0.0435. The van der Waals surface area contributed by atoms with E-state index in [-0.39, 0.29) is 23.4 Å². The molecule has 398 valence electrons. The lowest BCUT2D eigenvalue weighted by Gasteiger charge is -2.42. The summed E-state index contributed by atoms with van der Waals surface area (Å²) in [5.74, 6) is -0.653. The molecule has 3 aliphatic heterocycles. The number of nitrogens with zero attached hydrogens (tertiary/aromatic N) is 4. The normalized spacial score (nSPS) is 20.5. The van der Waals surface area contributed by atoms with Crippen molar-refractivity contribution >= 4 is 78.5 Å². The fraction of sp³-hybridized carbons (Fsp3) is 0.481. The number of amides is 1. The zero-order valence-corrected chi connectivity index (χ0v) is 45.1. The van der Waals surface area contributed by atoms with E-state index in [0.717, 1.165) is 119 Å². The molecule has 0 radical (unpaired) electrons. The molecule has 73 heavy (non-hydrogen) atoms. The lowest BCUT2D eigenvalue weighted by Crippen LogP contribution is -2.47. The first-order chi connectivity index (χ1) is 34.4. The Morgan fingerprint density at radius 1 is 0.849 bits per heavy atom. The first-order valence-electron chi connectivity index (χ1n) is 24.7. The zero-order chi connectivity index (χ0) is 50.9. The number of sulfone groups is 1. The number of piperazine rings is 1. The maximum absolute atomic E-state index is 14.3. The number of rotatable bonds is 18. The Bertz CT molecular complexity index is 2720. The van der Waals surface area contributed by atoms with Crippen molar-refractivity contribution in [3.63, 3.8) is 0 Å². The molecule has 4 aromatic carbocycles. The zero-order valence-electron chi connectivity index (χ0n) is 41.0. The van der Waals surface area contributed by atoms with Crippen molar-refractivity contribution in [1.82, 2.24) is 24.7 Å². The number of hydrogen-bond acceptors (Lipinski definition) is 13. The van der Waals surface area contributed by atoms with Crippen LogP contribution in [-0.2, 0) is 24.6 Å². The molecule has 4 aromatic rings. The Labute approximate surface area is 444 Å². The van der Waals surface area contributed by atoms with Crippen molar-refractivity contribution in [2.75, 3.05) is 114 Å². The molecular formula is C52H66Cl2F3N7O6S3. The predicted octanol–water partition coefficient (Wildman–Crippen LogP) is 8.53. The number of alkyl halides is 3. The van der Waals surface area contributed by atoms with Gasteiger partial charge in [0.25, 0.3) is 25.8 Å². The highest BCUT2D eigenvalue weighted by atomic mass is 35.5. The molecule has 0 saturated carbocycles. The van der Waals surface area contributed by atoms with Crippen LogP contribution in [0.4, 0.5) is 24.5 Å². The number of allylic oxidation sites excluding steroid dienone is 1. The van der Waals surface area contributed by atoms with Crippen LogP contribution in [0.3, 0.4) is 0 Å². The number of halogens is 5. The quantitative estimate of drug-likeness (QED) is 0.0821. The van der Waals surface area contributed by atoms with E-state index in [4.69, 9.17) is 16.3 Å². The number of sulfonamides is 1. The highest BCUT2D eigenvalue weighted by Crippen LogP contribution is 2.44. The second-order valence-electron chi connectivity index (χ2n) is 19.5. The van der Waals surface area contributed by atoms with E-state index in [9.17, 15) is 34.8 Å². The van der Waals surface area contributed by atoms with Crippen LogP contribution in [0.5, 0.6) is 0 Å². The van der Waals surface area contributed by atoms with Crippen molar-refractivity contribution in [3.05, 3.63) is 119 Å². The molecule has 4 aliphatic rings. The fourth-order valence-electron chi connectivity index (χ4n) is 10.1. The van der Waals surface area contributed by atoms with Gasteiger partial charge in [0.15, 0.2) is 0 Å². The van der Waals surface area contributed by atoms with E-state index in [1.165, 1.54) is 40.6 Å². The highest BCUT2D eigenvalue weighted by Gasteiger charge is 2.48. The second-order valence-corrected chi connectivity index (χ2v) is 24.6. The van der Waals surface area contributed by atoms with E-state index in [1.54, 1.807) is 12.1 Å². The molecule has 21 heteroatoms. The molecule has 1 amide bonds. The Kier molecular flexibility index (Phi) is 19.7. The Morgan fingerprint density at radius 3 is 2.26 bits per heavy atom. The van der Waals surface area contributed by atoms with Gasteiger partial charge in [-0.1, -0.05) is 54.4 Å². The SMILES string of the molecule is CC1(CN2CCCNCC2)CCC(c2ccc(Cl)cc2)=C(CN2CCN(c3ccc(C(=O)NS(=O)(=O)c4ccc(N[C@H](CCN5CCOCC5)CSc5ccccc5)c(S(=O)(=O)C(F)(F)F)c4)cc3)CC2)C1.Cl. The van der Waals surface area contributed by atoms with Crippen molar-refractivity contribution in [2.45, 2.75) is 65.3 Å². The summed E-state index contributed by atoms with van der Waals surface area (Å²) < 4.78 is 104. The minimum Gasteiger partial charge on any atom is -0.380 e. The number of ether oxygens (including phenoxy) is 1. The molecule has 3 heterocycles. The smallest absolute Gasteiger partial charge is 0.380 e. The Hall–Kier alpha value is -3.89. The van der Waals surface area contributed by atoms with Gasteiger partial charge in [-0.25, -0.2) is 21.6 Å². The monoisotopic (exact) mass is 1110 g/mol. The summed E-state index contributed by atoms with van der Waals surface area (Å²) in [6.07, 6.45) is 4.76. The van der Waals surface area contributed by atoms with Gasteiger partial charge in [-0.15, -0.1) is 24.2 Å². The molecule has 0 aromatic heterocycles. The van der Waals surface area contributed by atoms with Crippen LogP contribution in [0.2, 0.25) is 5.02 Å². The van der Waals surface area contributed by atoms with Gasteiger partial charge < -0.3 is 25.2 Å². The van der Waals surface area contributed by atoms with Crippen molar-refractivity contribution in [3.8, 4) is 0 Å². The summed E-state index contributed by atoms with van der Waals surface area (Å²) in [5, 5.41) is 7.25.